The lowest BCUT2D eigenvalue weighted by Crippen LogP contribution is -2.57. The Balaban J connectivity index is 2.31. The maximum atomic E-state index is 12.2. The molecule has 6 heteroatoms. The number of halogens is 1. The monoisotopic (exact) mass is 284 g/mol. The van der Waals surface area contributed by atoms with Crippen LogP contribution in [0.4, 0.5) is 5.69 Å². The minimum atomic E-state index is -0.196. The standard InChI is InChI=1S/C13H21ClN4O/c1-4-17(10-5-15-6-10)11-7-16-18(8-9(2)3)13(19)12(11)14/h7,9-10,15H,4-6,8H2,1-3H3. The van der Waals surface area contributed by atoms with Gasteiger partial charge >= 0.3 is 0 Å². The molecule has 0 radical (unpaired) electrons. The number of nitrogens with one attached hydrogen (secondary N) is 1. The van der Waals surface area contributed by atoms with Gasteiger partial charge in [0.15, 0.2) is 0 Å². The van der Waals surface area contributed by atoms with E-state index in [4.69, 9.17) is 11.6 Å². The number of hydrogen-bond acceptors (Lipinski definition) is 4. The Kier molecular flexibility index (Phi) is 4.47. The first-order valence-corrected chi connectivity index (χ1v) is 7.15. The van der Waals surface area contributed by atoms with Crippen molar-refractivity contribution in [1.82, 2.24) is 15.1 Å². The van der Waals surface area contributed by atoms with Crippen molar-refractivity contribution in [3.05, 3.63) is 21.6 Å². The van der Waals surface area contributed by atoms with Gasteiger partial charge in [0.25, 0.3) is 5.56 Å². The molecule has 0 amide bonds. The zero-order chi connectivity index (χ0) is 14.0. The number of hydrogen-bond donors (Lipinski definition) is 1. The van der Waals surface area contributed by atoms with Crippen LogP contribution in [0.3, 0.4) is 0 Å². The topological polar surface area (TPSA) is 50.2 Å². The highest BCUT2D eigenvalue weighted by molar-refractivity contribution is 6.33. The molecule has 1 aliphatic rings. The fourth-order valence-corrected chi connectivity index (χ4v) is 2.51. The molecule has 0 saturated carbocycles. The van der Waals surface area contributed by atoms with Gasteiger partial charge in [-0.1, -0.05) is 25.4 Å². The maximum absolute atomic E-state index is 12.2. The highest BCUT2D eigenvalue weighted by Gasteiger charge is 2.26. The Hall–Kier alpha value is -1.07. The van der Waals surface area contributed by atoms with Crippen molar-refractivity contribution < 1.29 is 0 Å². The predicted molar refractivity (Wildman–Crippen MR) is 78.0 cm³/mol. The SMILES string of the molecule is CCN(c1cnn(CC(C)C)c(=O)c1Cl)C1CNC1. The quantitative estimate of drug-likeness (QED) is 0.887. The van der Waals surface area contributed by atoms with Crippen LogP contribution >= 0.6 is 11.6 Å². The maximum Gasteiger partial charge on any atom is 0.287 e. The summed E-state index contributed by atoms with van der Waals surface area (Å²) in [5.41, 5.74) is 0.555. The Morgan fingerprint density at radius 2 is 2.26 bits per heavy atom. The van der Waals surface area contributed by atoms with Gasteiger partial charge in [0.1, 0.15) is 5.02 Å². The van der Waals surface area contributed by atoms with Crippen LogP contribution in [-0.4, -0.2) is 35.5 Å². The van der Waals surface area contributed by atoms with Crippen LogP contribution in [0.2, 0.25) is 5.02 Å². The number of nitrogens with zero attached hydrogens (tertiary/aromatic N) is 3. The lowest BCUT2D eigenvalue weighted by atomic mass is 10.1. The molecule has 0 aromatic carbocycles. The Bertz CT molecular complexity index is 496. The fraction of sp³-hybridized carbons (Fsp3) is 0.692. The van der Waals surface area contributed by atoms with Crippen LogP contribution in [0.25, 0.3) is 0 Å². The van der Waals surface area contributed by atoms with Crippen LogP contribution in [0.5, 0.6) is 0 Å². The van der Waals surface area contributed by atoms with Gasteiger partial charge in [0.05, 0.1) is 17.9 Å². The van der Waals surface area contributed by atoms with Crippen LogP contribution in [0, 0.1) is 5.92 Å². The molecule has 1 fully saturated rings. The Labute approximate surface area is 118 Å². The summed E-state index contributed by atoms with van der Waals surface area (Å²) in [7, 11) is 0. The molecule has 1 aliphatic heterocycles. The van der Waals surface area contributed by atoms with Gasteiger partial charge in [0.2, 0.25) is 0 Å². The van der Waals surface area contributed by atoms with E-state index in [1.165, 1.54) is 4.68 Å². The van der Waals surface area contributed by atoms with Crippen molar-refractivity contribution in [2.45, 2.75) is 33.4 Å². The molecule has 0 aliphatic carbocycles. The normalized spacial score (nSPS) is 15.6. The van der Waals surface area contributed by atoms with Gasteiger partial charge in [-0.25, -0.2) is 4.68 Å². The van der Waals surface area contributed by atoms with Gasteiger partial charge in [0, 0.05) is 26.2 Å². The summed E-state index contributed by atoms with van der Waals surface area (Å²) in [4.78, 5) is 14.3. The average Bonchev–Trinajstić information content (AvgIpc) is 2.30. The van der Waals surface area contributed by atoms with Crippen LogP contribution < -0.4 is 15.8 Å². The lowest BCUT2D eigenvalue weighted by Gasteiger charge is -2.39. The summed E-state index contributed by atoms with van der Waals surface area (Å²) in [6, 6.07) is 0.407. The summed E-state index contributed by atoms with van der Waals surface area (Å²) in [6.45, 7) is 9.44. The fourth-order valence-electron chi connectivity index (χ4n) is 2.25. The van der Waals surface area contributed by atoms with E-state index in [2.05, 4.69) is 22.2 Å². The van der Waals surface area contributed by atoms with E-state index >= 15 is 0 Å². The van der Waals surface area contributed by atoms with E-state index in [0.29, 0.717) is 18.5 Å². The van der Waals surface area contributed by atoms with E-state index in [9.17, 15) is 4.79 Å². The highest BCUT2D eigenvalue weighted by Crippen LogP contribution is 2.24. The largest absolute Gasteiger partial charge is 0.364 e. The van der Waals surface area contributed by atoms with Crippen molar-refractivity contribution in [2.24, 2.45) is 5.92 Å². The summed E-state index contributed by atoms with van der Waals surface area (Å²) < 4.78 is 1.45. The van der Waals surface area contributed by atoms with Crippen LogP contribution in [0.1, 0.15) is 20.8 Å². The molecule has 0 unspecified atom stereocenters. The van der Waals surface area contributed by atoms with Gasteiger partial charge in [-0.15, -0.1) is 0 Å². The molecule has 1 saturated heterocycles. The third-order valence-electron chi connectivity index (χ3n) is 3.36. The average molecular weight is 285 g/mol. The molecule has 0 atom stereocenters. The predicted octanol–water partition coefficient (Wildman–Crippen LogP) is 1.35. The highest BCUT2D eigenvalue weighted by atomic mass is 35.5. The number of anilines is 1. The zero-order valence-corrected chi connectivity index (χ0v) is 12.4. The lowest BCUT2D eigenvalue weighted by molar-refractivity contribution is 0.415. The van der Waals surface area contributed by atoms with Crippen molar-refractivity contribution in [1.29, 1.82) is 0 Å². The molecule has 5 nitrogen and oxygen atoms in total. The second kappa shape index (κ2) is 5.92. The van der Waals surface area contributed by atoms with Crippen LogP contribution in [-0.2, 0) is 6.54 Å². The van der Waals surface area contributed by atoms with E-state index in [0.717, 1.165) is 25.3 Å². The minimum absolute atomic E-state index is 0.196. The number of rotatable bonds is 5. The van der Waals surface area contributed by atoms with Gasteiger partial charge in [-0.05, 0) is 12.8 Å². The zero-order valence-electron chi connectivity index (χ0n) is 11.7. The molecule has 19 heavy (non-hydrogen) atoms. The third-order valence-corrected chi connectivity index (χ3v) is 3.71. The van der Waals surface area contributed by atoms with E-state index in [1.54, 1.807) is 6.20 Å². The smallest absolute Gasteiger partial charge is 0.287 e. The molecule has 2 heterocycles. The minimum Gasteiger partial charge on any atom is -0.364 e. The summed E-state index contributed by atoms with van der Waals surface area (Å²) >= 11 is 6.25. The van der Waals surface area contributed by atoms with Crippen molar-refractivity contribution in [2.75, 3.05) is 24.5 Å². The van der Waals surface area contributed by atoms with Gasteiger partial charge in [-0.2, -0.15) is 5.10 Å². The second-order valence-electron chi connectivity index (χ2n) is 5.32. The van der Waals surface area contributed by atoms with E-state index < -0.39 is 0 Å². The van der Waals surface area contributed by atoms with Crippen molar-refractivity contribution in [3.8, 4) is 0 Å². The third kappa shape index (κ3) is 2.92. The number of likely N-dealkylation sites (N-methyl/N-ethyl adjacent to an activating group) is 1. The molecule has 106 valence electrons. The summed E-state index contributed by atoms with van der Waals surface area (Å²) in [5.74, 6) is 0.366. The molecule has 1 aromatic heterocycles. The Morgan fingerprint density at radius 1 is 1.58 bits per heavy atom. The molecular weight excluding hydrogens is 264 g/mol. The van der Waals surface area contributed by atoms with Crippen molar-refractivity contribution in [3.63, 3.8) is 0 Å². The van der Waals surface area contributed by atoms with Gasteiger partial charge in [-0.3, -0.25) is 4.79 Å². The molecule has 1 aromatic rings. The van der Waals surface area contributed by atoms with E-state index in [1.807, 2.05) is 13.8 Å². The Morgan fingerprint density at radius 3 is 2.74 bits per heavy atom. The first-order chi connectivity index (χ1) is 9.04. The van der Waals surface area contributed by atoms with Crippen molar-refractivity contribution >= 4 is 17.3 Å². The summed E-state index contributed by atoms with van der Waals surface area (Å²) in [6.07, 6.45) is 1.72. The molecule has 1 N–H and O–H groups in total. The molecule has 0 bridgehead atoms. The van der Waals surface area contributed by atoms with Crippen LogP contribution in [0.15, 0.2) is 11.0 Å². The van der Waals surface area contributed by atoms with E-state index in [-0.39, 0.29) is 10.6 Å². The van der Waals surface area contributed by atoms with Gasteiger partial charge < -0.3 is 10.2 Å². The number of aromatic nitrogens is 2. The first kappa shape index (κ1) is 14.3. The first-order valence-electron chi connectivity index (χ1n) is 6.77. The molecular formula is C13H21ClN4O. The summed E-state index contributed by atoms with van der Waals surface area (Å²) in [5, 5.41) is 7.76. The molecule has 2 rings (SSSR count). The second-order valence-corrected chi connectivity index (χ2v) is 5.70. The molecule has 0 spiro atoms.